The van der Waals surface area contributed by atoms with E-state index < -0.39 is 11.9 Å². The Hall–Kier alpha value is -2.77. The summed E-state index contributed by atoms with van der Waals surface area (Å²) in [5, 5.41) is 9.01. The molecule has 0 saturated carbocycles. The lowest BCUT2D eigenvalue weighted by Crippen LogP contribution is -2.41. The van der Waals surface area contributed by atoms with Crippen molar-refractivity contribution in [1.29, 1.82) is 0 Å². The number of hydrogen-bond donors (Lipinski definition) is 1. The number of aliphatic carboxylic acids is 1. The Kier molecular flexibility index (Phi) is 7.66. The van der Waals surface area contributed by atoms with Crippen molar-refractivity contribution in [2.45, 2.75) is 26.2 Å². The lowest BCUT2D eigenvalue weighted by Gasteiger charge is -2.23. The smallest absolute Gasteiger partial charge is 0.323 e. The van der Waals surface area contributed by atoms with Crippen molar-refractivity contribution in [3.63, 3.8) is 0 Å². The van der Waals surface area contributed by atoms with Crippen LogP contribution in [-0.2, 0) is 20.8 Å². The Morgan fingerprint density at radius 3 is 2.57 bits per heavy atom. The van der Waals surface area contributed by atoms with Gasteiger partial charge in [0.1, 0.15) is 6.54 Å². The molecule has 2 rings (SSSR count). The van der Waals surface area contributed by atoms with E-state index in [0.29, 0.717) is 44.0 Å². The number of ether oxygens (including phenoxy) is 2. The molecule has 1 unspecified atom stereocenters. The van der Waals surface area contributed by atoms with Gasteiger partial charge in [0.2, 0.25) is 11.8 Å². The van der Waals surface area contributed by atoms with Crippen LogP contribution in [0.2, 0.25) is 0 Å². The van der Waals surface area contributed by atoms with Gasteiger partial charge in [-0.25, -0.2) is 0 Å². The summed E-state index contributed by atoms with van der Waals surface area (Å²) in [7, 11) is 3.14. The van der Waals surface area contributed by atoms with E-state index in [4.69, 9.17) is 14.6 Å². The molecule has 28 heavy (non-hydrogen) atoms. The van der Waals surface area contributed by atoms with E-state index in [1.807, 2.05) is 25.1 Å². The number of carboxylic acid groups (broad SMARTS) is 1. The molecule has 1 N–H and O–H groups in total. The number of nitrogens with zero attached hydrogens (tertiary/aromatic N) is 2. The highest BCUT2D eigenvalue weighted by molar-refractivity contribution is 5.90. The van der Waals surface area contributed by atoms with Crippen molar-refractivity contribution < 1.29 is 29.0 Å². The van der Waals surface area contributed by atoms with Crippen LogP contribution in [-0.4, -0.2) is 73.1 Å². The molecule has 1 fully saturated rings. The summed E-state index contributed by atoms with van der Waals surface area (Å²) in [5.41, 5.74) is 0.999. The third-order valence-corrected chi connectivity index (χ3v) is 4.81. The summed E-state index contributed by atoms with van der Waals surface area (Å²) < 4.78 is 10.5. The van der Waals surface area contributed by atoms with Crippen LogP contribution in [0.4, 0.5) is 0 Å². The van der Waals surface area contributed by atoms with E-state index in [1.54, 1.807) is 19.1 Å². The first kappa shape index (κ1) is 21.5. The lowest BCUT2D eigenvalue weighted by atomic mass is 10.1. The van der Waals surface area contributed by atoms with Gasteiger partial charge in [0.05, 0.1) is 20.1 Å². The monoisotopic (exact) mass is 392 g/mol. The number of amides is 2. The van der Waals surface area contributed by atoms with Crippen LogP contribution >= 0.6 is 0 Å². The fourth-order valence-electron chi connectivity index (χ4n) is 3.41. The van der Waals surface area contributed by atoms with Gasteiger partial charge in [-0.1, -0.05) is 13.0 Å². The lowest BCUT2D eigenvalue weighted by molar-refractivity contribution is -0.146. The minimum atomic E-state index is -1.04. The third kappa shape index (κ3) is 5.37. The van der Waals surface area contributed by atoms with Crippen molar-refractivity contribution >= 4 is 17.8 Å². The van der Waals surface area contributed by atoms with E-state index in [0.717, 1.165) is 5.56 Å². The van der Waals surface area contributed by atoms with E-state index in [-0.39, 0.29) is 24.8 Å². The molecular formula is C20H28N2O6. The first-order valence-electron chi connectivity index (χ1n) is 9.38. The van der Waals surface area contributed by atoms with Crippen molar-refractivity contribution in [2.24, 2.45) is 5.92 Å². The van der Waals surface area contributed by atoms with Gasteiger partial charge >= 0.3 is 5.97 Å². The Bertz CT molecular complexity index is 721. The molecule has 154 valence electrons. The van der Waals surface area contributed by atoms with E-state index >= 15 is 0 Å². The molecular weight excluding hydrogens is 364 g/mol. The largest absolute Gasteiger partial charge is 0.493 e. The second kappa shape index (κ2) is 9.96. The van der Waals surface area contributed by atoms with Crippen molar-refractivity contribution in [3.8, 4) is 11.5 Å². The summed E-state index contributed by atoms with van der Waals surface area (Å²) in [6.07, 6.45) is 1.42. The van der Waals surface area contributed by atoms with Crippen LogP contribution in [0.3, 0.4) is 0 Å². The van der Waals surface area contributed by atoms with Crippen LogP contribution in [0.5, 0.6) is 11.5 Å². The average Bonchev–Trinajstić information content (AvgIpc) is 3.05. The third-order valence-electron chi connectivity index (χ3n) is 4.81. The number of benzene rings is 1. The predicted molar refractivity (Wildman–Crippen MR) is 102 cm³/mol. The molecule has 1 aromatic carbocycles. The fraction of sp³-hybridized carbons (Fsp3) is 0.550. The SMILES string of the molecule is CCCN(CC(=O)O)C(=O)C1CC(=O)N(CCc2ccc(OC)c(OC)c2)C1. The Morgan fingerprint density at radius 2 is 1.96 bits per heavy atom. The molecule has 1 atom stereocenters. The first-order chi connectivity index (χ1) is 13.4. The van der Waals surface area contributed by atoms with Gasteiger partial charge in [0.25, 0.3) is 0 Å². The second-order valence-corrected chi connectivity index (χ2v) is 6.83. The van der Waals surface area contributed by atoms with Gasteiger partial charge in [0, 0.05) is 26.1 Å². The zero-order valence-electron chi connectivity index (χ0n) is 16.6. The summed E-state index contributed by atoms with van der Waals surface area (Å²) in [4.78, 5) is 39.0. The van der Waals surface area contributed by atoms with Gasteiger partial charge in [0.15, 0.2) is 11.5 Å². The first-order valence-corrected chi connectivity index (χ1v) is 9.38. The Balaban J connectivity index is 1.97. The summed E-state index contributed by atoms with van der Waals surface area (Å²) >= 11 is 0. The van der Waals surface area contributed by atoms with Crippen LogP contribution < -0.4 is 9.47 Å². The van der Waals surface area contributed by atoms with Crippen molar-refractivity contribution in [2.75, 3.05) is 40.4 Å². The molecule has 1 heterocycles. The van der Waals surface area contributed by atoms with Gasteiger partial charge in [-0.05, 0) is 30.5 Å². The van der Waals surface area contributed by atoms with Gasteiger partial charge in [-0.15, -0.1) is 0 Å². The standard InChI is InChI=1S/C20H28N2O6/c1-4-8-22(13-19(24)25)20(26)15-11-18(23)21(12-15)9-7-14-5-6-16(27-2)17(10-14)28-3/h5-6,10,15H,4,7-9,11-13H2,1-3H3,(H,24,25). The van der Waals surface area contributed by atoms with Crippen molar-refractivity contribution in [1.82, 2.24) is 9.80 Å². The summed E-state index contributed by atoms with van der Waals surface area (Å²) in [5.74, 6) is -0.592. The van der Waals surface area contributed by atoms with Crippen LogP contribution in [0.1, 0.15) is 25.3 Å². The molecule has 1 aliphatic heterocycles. The normalized spacial score (nSPS) is 16.2. The van der Waals surface area contributed by atoms with Crippen molar-refractivity contribution in [3.05, 3.63) is 23.8 Å². The maximum atomic E-state index is 12.6. The zero-order chi connectivity index (χ0) is 20.7. The quantitative estimate of drug-likeness (QED) is 0.647. The molecule has 0 bridgehead atoms. The van der Waals surface area contributed by atoms with E-state index in [9.17, 15) is 14.4 Å². The van der Waals surface area contributed by atoms with Gasteiger partial charge < -0.3 is 24.4 Å². The highest BCUT2D eigenvalue weighted by atomic mass is 16.5. The molecule has 0 aliphatic carbocycles. The molecule has 2 amide bonds. The van der Waals surface area contributed by atoms with Crippen LogP contribution in [0.15, 0.2) is 18.2 Å². The minimum Gasteiger partial charge on any atom is -0.493 e. The highest BCUT2D eigenvalue weighted by Gasteiger charge is 2.36. The zero-order valence-corrected chi connectivity index (χ0v) is 16.6. The summed E-state index contributed by atoms with van der Waals surface area (Å²) in [6, 6.07) is 5.61. The number of carbonyl (C=O) groups is 3. The second-order valence-electron chi connectivity index (χ2n) is 6.83. The minimum absolute atomic E-state index is 0.0781. The van der Waals surface area contributed by atoms with Crippen LogP contribution in [0, 0.1) is 5.92 Å². The summed E-state index contributed by atoms with van der Waals surface area (Å²) in [6.45, 7) is 2.75. The number of methoxy groups -OCH3 is 2. The average molecular weight is 392 g/mol. The molecule has 0 spiro atoms. The Labute approximate surface area is 165 Å². The van der Waals surface area contributed by atoms with Crippen LogP contribution in [0.25, 0.3) is 0 Å². The number of carbonyl (C=O) groups excluding carboxylic acids is 2. The molecule has 0 aromatic heterocycles. The van der Waals surface area contributed by atoms with E-state index in [2.05, 4.69) is 0 Å². The topological polar surface area (TPSA) is 96.4 Å². The number of likely N-dealkylation sites (tertiary alicyclic amines) is 1. The predicted octanol–water partition coefficient (Wildman–Crippen LogP) is 1.42. The van der Waals surface area contributed by atoms with Gasteiger partial charge in [-0.2, -0.15) is 0 Å². The number of hydrogen-bond acceptors (Lipinski definition) is 5. The maximum Gasteiger partial charge on any atom is 0.323 e. The molecule has 1 aliphatic rings. The highest BCUT2D eigenvalue weighted by Crippen LogP contribution is 2.28. The fourth-order valence-corrected chi connectivity index (χ4v) is 3.41. The molecule has 1 aromatic rings. The Morgan fingerprint density at radius 1 is 1.25 bits per heavy atom. The molecule has 8 heteroatoms. The molecule has 8 nitrogen and oxygen atoms in total. The number of carboxylic acids is 1. The number of rotatable bonds is 10. The molecule has 1 saturated heterocycles. The molecule has 0 radical (unpaired) electrons. The van der Waals surface area contributed by atoms with E-state index in [1.165, 1.54) is 4.90 Å². The van der Waals surface area contributed by atoms with Gasteiger partial charge in [-0.3, -0.25) is 14.4 Å². The maximum absolute atomic E-state index is 12.6.